The van der Waals surface area contributed by atoms with E-state index in [1.54, 1.807) is 0 Å². The number of aromatic nitrogens is 1. The van der Waals surface area contributed by atoms with Crippen molar-refractivity contribution in [3.8, 4) is 28.3 Å². The lowest BCUT2D eigenvalue weighted by molar-refractivity contribution is 0.308. The van der Waals surface area contributed by atoms with Crippen LogP contribution in [0.4, 0.5) is 0 Å². The van der Waals surface area contributed by atoms with Crippen LogP contribution in [0, 0.1) is 0 Å². The summed E-state index contributed by atoms with van der Waals surface area (Å²) in [6.45, 7) is 5.98. The molecule has 0 aliphatic carbocycles. The first-order chi connectivity index (χ1) is 12.8. The fourth-order valence-corrected chi connectivity index (χ4v) is 3.46. The molecule has 0 aliphatic heterocycles. The van der Waals surface area contributed by atoms with E-state index < -0.39 is 0 Å². The predicted octanol–water partition coefficient (Wildman–Crippen LogP) is 6.80. The summed E-state index contributed by atoms with van der Waals surface area (Å²) in [5.74, 6) is 0.974. The molecule has 0 unspecified atom stereocenters. The maximum absolute atomic E-state index is 6.02. The van der Waals surface area contributed by atoms with Crippen LogP contribution in [0.5, 0.6) is 5.88 Å². The summed E-state index contributed by atoms with van der Waals surface area (Å²) in [4.78, 5) is 0. The zero-order valence-electron chi connectivity index (χ0n) is 15.9. The highest BCUT2D eigenvalue weighted by Gasteiger charge is 2.18. The van der Waals surface area contributed by atoms with Gasteiger partial charge in [-0.25, -0.2) is 0 Å². The highest BCUT2D eigenvalue weighted by Crippen LogP contribution is 2.38. The van der Waals surface area contributed by atoms with Gasteiger partial charge >= 0.3 is 0 Å². The van der Waals surface area contributed by atoms with Gasteiger partial charge in [-0.15, -0.1) is 0 Å². The molecule has 0 N–H and O–H groups in total. The van der Waals surface area contributed by atoms with Crippen molar-refractivity contribution in [1.82, 2.24) is 4.57 Å². The van der Waals surface area contributed by atoms with Crippen molar-refractivity contribution in [3.63, 3.8) is 0 Å². The van der Waals surface area contributed by atoms with Gasteiger partial charge in [-0.3, -0.25) is 0 Å². The van der Waals surface area contributed by atoms with Crippen LogP contribution in [0.2, 0.25) is 0 Å². The van der Waals surface area contributed by atoms with E-state index >= 15 is 0 Å². The van der Waals surface area contributed by atoms with Gasteiger partial charge in [0.15, 0.2) is 5.88 Å². The molecule has 1 heterocycles. The third kappa shape index (κ3) is 4.19. The lowest BCUT2D eigenvalue weighted by atomic mass is 10.0. The Morgan fingerprint density at radius 3 is 2.04 bits per heavy atom. The van der Waals surface area contributed by atoms with Crippen molar-refractivity contribution in [2.75, 3.05) is 6.61 Å². The molecule has 2 aromatic carbocycles. The second-order valence-corrected chi connectivity index (χ2v) is 6.62. The van der Waals surface area contributed by atoms with E-state index in [4.69, 9.17) is 4.74 Å². The molecule has 0 bridgehead atoms. The van der Waals surface area contributed by atoms with Crippen LogP contribution in [-0.2, 0) is 6.54 Å². The quantitative estimate of drug-likeness (QED) is 0.388. The smallest absolute Gasteiger partial charge is 0.194 e. The summed E-state index contributed by atoms with van der Waals surface area (Å²) in [6, 6.07) is 23.5. The molecule has 3 rings (SSSR count). The van der Waals surface area contributed by atoms with E-state index in [0.29, 0.717) is 6.61 Å². The van der Waals surface area contributed by atoms with Gasteiger partial charge in [-0.1, -0.05) is 86.8 Å². The number of hydrogen-bond acceptors (Lipinski definition) is 1. The van der Waals surface area contributed by atoms with Crippen LogP contribution >= 0.6 is 0 Å². The van der Waals surface area contributed by atoms with Gasteiger partial charge in [0.25, 0.3) is 0 Å². The molecule has 2 heteroatoms. The molecule has 3 aromatic rings. The normalized spacial score (nSPS) is 10.8. The third-order valence-electron chi connectivity index (χ3n) is 4.72. The van der Waals surface area contributed by atoms with Crippen molar-refractivity contribution >= 4 is 0 Å². The standard InChI is InChI=1S/C24H29NO/c1-3-5-6-13-18-25-23(26-4-2)19-22(20-14-9-7-10-15-20)24(25)21-16-11-8-12-17-21/h7-12,14-17,19H,3-6,13,18H2,1-2H3. The summed E-state index contributed by atoms with van der Waals surface area (Å²) < 4.78 is 8.39. The molecule has 0 radical (unpaired) electrons. The van der Waals surface area contributed by atoms with Crippen molar-refractivity contribution < 1.29 is 4.74 Å². The van der Waals surface area contributed by atoms with Gasteiger partial charge in [0.2, 0.25) is 0 Å². The summed E-state index contributed by atoms with van der Waals surface area (Å²) >= 11 is 0. The molecule has 0 amide bonds. The number of ether oxygens (including phenoxy) is 1. The first kappa shape index (κ1) is 18.3. The number of nitrogens with zero attached hydrogens (tertiary/aromatic N) is 1. The van der Waals surface area contributed by atoms with Crippen LogP contribution in [0.25, 0.3) is 22.4 Å². The molecule has 0 saturated carbocycles. The fraction of sp³-hybridized carbons (Fsp3) is 0.333. The Hall–Kier alpha value is -2.48. The first-order valence-electron chi connectivity index (χ1n) is 9.82. The van der Waals surface area contributed by atoms with Crippen molar-refractivity contribution in [3.05, 3.63) is 66.7 Å². The first-order valence-corrected chi connectivity index (χ1v) is 9.82. The summed E-state index contributed by atoms with van der Waals surface area (Å²) in [5, 5.41) is 0. The lowest BCUT2D eigenvalue weighted by Gasteiger charge is -2.15. The van der Waals surface area contributed by atoms with Gasteiger partial charge in [-0.05, 0) is 24.5 Å². The second-order valence-electron chi connectivity index (χ2n) is 6.62. The van der Waals surface area contributed by atoms with Crippen LogP contribution in [0.1, 0.15) is 39.5 Å². The minimum absolute atomic E-state index is 0.682. The molecular formula is C24H29NO. The van der Waals surface area contributed by atoms with Crippen LogP contribution in [-0.4, -0.2) is 11.2 Å². The highest BCUT2D eigenvalue weighted by molar-refractivity contribution is 5.83. The van der Waals surface area contributed by atoms with Crippen molar-refractivity contribution in [2.24, 2.45) is 0 Å². The van der Waals surface area contributed by atoms with Crippen molar-refractivity contribution in [2.45, 2.75) is 46.1 Å². The minimum atomic E-state index is 0.682. The van der Waals surface area contributed by atoms with E-state index in [-0.39, 0.29) is 0 Å². The molecule has 26 heavy (non-hydrogen) atoms. The van der Waals surface area contributed by atoms with Crippen LogP contribution in [0.3, 0.4) is 0 Å². The molecule has 0 spiro atoms. The van der Waals surface area contributed by atoms with Gasteiger partial charge in [0.05, 0.1) is 12.3 Å². The summed E-state index contributed by atoms with van der Waals surface area (Å²) in [5.41, 5.74) is 4.99. The third-order valence-corrected chi connectivity index (χ3v) is 4.72. The highest BCUT2D eigenvalue weighted by atomic mass is 16.5. The van der Waals surface area contributed by atoms with Gasteiger partial charge in [-0.2, -0.15) is 0 Å². The second kappa shape index (κ2) is 9.28. The Morgan fingerprint density at radius 2 is 1.42 bits per heavy atom. The van der Waals surface area contributed by atoms with E-state index in [2.05, 4.69) is 85.1 Å². The van der Waals surface area contributed by atoms with Gasteiger partial charge < -0.3 is 9.30 Å². The molecule has 0 atom stereocenters. The maximum atomic E-state index is 6.02. The fourth-order valence-electron chi connectivity index (χ4n) is 3.46. The SMILES string of the molecule is CCCCCCn1c(OCC)cc(-c2ccccc2)c1-c1ccccc1. The molecular weight excluding hydrogens is 318 g/mol. The zero-order chi connectivity index (χ0) is 18.2. The number of benzene rings is 2. The molecule has 2 nitrogen and oxygen atoms in total. The predicted molar refractivity (Wildman–Crippen MR) is 111 cm³/mol. The van der Waals surface area contributed by atoms with Gasteiger partial charge in [0, 0.05) is 18.2 Å². The molecule has 0 fully saturated rings. The Balaban J connectivity index is 2.08. The number of rotatable bonds is 9. The minimum Gasteiger partial charge on any atom is -0.479 e. The Labute approximate surface area is 157 Å². The van der Waals surface area contributed by atoms with E-state index in [1.807, 2.05) is 0 Å². The van der Waals surface area contributed by atoms with E-state index in [0.717, 1.165) is 12.4 Å². The monoisotopic (exact) mass is 347 g/mol. The van der Waals surface area contributed by atoms with Gasteiger partial charge in [0.1, 0.15) is 0 Å². The van der Waals surface area contributed by atoms with E-state index in [1.165, 1.54) is 48.1 Å². The molecule has 0 saturated heterocycles. The molecule has 0 aliphatic rings. The summed E-state index contributed by atoms with van der Waals surface area (Å²) in [6.07, 6.45) is 4.98. The number of hydrogen-bond donors (Lipinski definition) is 0. The topological polar surface area (TPSA) is 14.2 Å². The van der Waals surface area contributed by atoms with Crippen LogP contribution in [0.15, 0.2) is 66.7 Å². The Bertz CT molecular complexity index is 790. The van der Waals surface area contributed by atoms with Crippen molar-refractivity contribution in [1.29, 1.82) is 0 Å². The van der Waals surface area contributed by atoms with Crippen LogP contribution < -0.4 is 4.74 Å². The number of unbranched alkanes of at least 4 members (excludes halogenated alkanes) is 3. The molecule has 136 valence electrons. The average molecular weight is 348 g/mol. The Kier molecular flexibility index (Phi) is 6.54. The molecule has 1 aromatic heterocycles. The largest absolute Gasteiger partial charge is 0.479 e. The summed E-state index contributed by atoms with van der Waals surface area (Å²) in [7, 11) is 0. The zero-order valence-corrected chi connectivity index (χ0v) is 15.9. The lowest BCUT2D eigenvalue weighted by Crippen LogP contribution is -2.05. The Morgan fingerprint density at radius 1 is 0.769 bits per heavy atom. The maximum Gasteiger partial charge on any atom is 0.194 e. The van der Waals surface area contributed by atoms with E-state index in [9.17, 15) is 0 Å². The average Bonchev–Trinajstić information content (AvgIpc) is 3.05.